The molecule has 1 aliphatic heterocycles. The smallest absolute Gasteiger partial charge is 0.0543 e. The van der Waals surface area contributed by atoms with Crippen molar-refractivity contribution in [3.63, 3.8) is 0 Å². The molecule has 0 spiro atoms. The lowest BCUT2D eigenvalue weighted by Crippen LogP contribution is -2.32. The van der Waals surface area contributed by atoms with Crippen LogP contribution < -0.4 is 5.32 Å². The second-order valence-electron chi connectivity index (χ2n) is 4.81. The van der Waals surface area contributed by atoms with Gasteiger partial charge in [0.2, 0.25) is 0 Å². The van der Waals surface area contributed by atoms with Gasteiger partial charge in [-0.2, -0.15) is 0 Å². The molecule has 0 aromatic carbocycles. The highest BCUT2D eigenvalue weighted by molar-refractivity contribution is 5.03. The summed E-state index contributed by atoms with van der Waals surface area (Å²) in [5, 5.41) is 3.50. The summed E-state index contributed by atoms with van der Waals surface area (Å²) in [5.41, 5.74) is 1.16. The van der Waals surface area contributed by atoms with Crippen LogP contribution in [0.15, 0.2) is 24.4 Å². The minimum absolute atomic E-state index is 0.659. The molecule has 2 atom stereocenters. The van der Waals surface area contributed by atoms with Crippen molar-refractivity contribution in [2.75, 3.05) is 20.1 Å². The first-order chi connectivity index (χ1) is 7.75. The third kappa shape index (κ3) is 3.03. The molecule has 0 radical (unpaired) electrons. The molecule has 0 aliphatic carbocycles. The lowest BCUT2D eigenvalue weighted by Gasteiger charge is -2.22. The van der Waals surface area contributed by atoms with Crippen LogP contribution in [0.5, 0.6) is 0 Å². The maximum Gasteiger partial charge on any atom is 0.0543 e. The van der Waals surface area contributed by atoms with Gasteiger partial charge in [0.25, 0.3) is 0 Å². The van der Waals surface area contributed by atoms with Crippen LogP contribution >= 0.6 is 0 Å². The van der Waals surface area contributed by atoms with Gasteiger partial charge in [-0.1, -0.05) is 6.07 Å². The van der Waals surface area contributed by atoms with Gasteiger partial charge in [-0.25, -0.2) is 0 Å². The lowest BCUT2D eigenvalue weighted by atomic mass is 10.0. The van der Waals surface area contributed by atoms with Crippen LogP contribution in [0.3, 0.4) is 0 Å². The van der Waals surface area contributed by atoms with Crippen molar-refractivity contribution in [1.82, 2.24) is 15.2 Å². The second kappa shape index (κ2) is 5.41. The molecule has 1 saturated heterocycles. The van der Waals surface area contributed by atoms with Gasteiger partial charge in [0.05, 0.1) is 5.69 Å². The van der Waals surface area contributed by atoms with E-state index in [2.05, 4.69) is 41.3 Å². The van der Waals surface area contributed by atoms with Crippen LogP contribution in [-0.2, 0) is 6.54 Å². The zero-order valence-electron chi connectivity index (χ0n) is 10.2. The number of rotatable bonds is 4. The summed E-state index contributed by atoms with van der Waals surface area (Å²) in [5.74, 6) is 0.786. The number of hydrogen-bond acceptors (Lipinski definition) is 3. The van der Waals surface area contributed by atoms with E-state index in [0.717, 1.165) is 24.7 Å². The Bertz CT molecular complexity index is 312. The molecule has 0 saturated carbocycles. The molecule has 16 heavy (non-hydrogen) atoms. The molecule has 0 amide bonds. The first kappa shape index (κ1) is 11.6. The normalized spacial score (nSPS) is 25.2. The first-order valence-corrected chi connectivity index (χ1v) is 6.07. The summed E-state index contributed by atoms with van der Waals surface area (Å²) in [6.45, 7) is 5.56. The summed E-state index contributed by atoms with van der Waals surface area (Å²) in [6.07, 6.45) is 3.16. The van der Waals surface area contributed by atoms with Gasteiger partial charge >= 0.3 is 0 Å². The minimum atomic E-state index is 0.659. The highest BCUT2D eigenvalue weighted by Gasteiger charge is 2.23. The summed E-state index contributed by atoms with van der Waals surface area (Å²) in [4.78, 5) is 6.73. The Morgan fingerprint density at radius 3 is 3.00 bits per heavy atom. The van der Waals surface area contributed by atoms with E-state index in [1.165, 1.54) is 13.0 Å². The molecule has 2 heterocycles. The molecule has 88 valence electrons. The predicted octanol–water partition coefficient (Wildman–Crippen LogP) is 1.51. The van der Waals surface area contributed by atoms with Gasteiger partial charge in [-0.05, 0) is 45.0 Å². The molecule has 1 N–H and O–H groups in total. The largest absolute Gasteiger partial charge is 0.314 e. The molecule has 0 bridgehead atoms. The van der Waals surface area contributed by atoms with E-state index in [-0.39, 0.29) is 0 Å². The second-order valence-corrected chi connectivity index (χ2v) is 4.81. The molecule has 3 heteroatoms. The number of pyridine rings is 1. The Hall–Kier alpha value is -0.930. The fraction of sp³-hybridized carbons (Fsp3) is 0.615. The van der Waals surface area contributed by atoms with Crippen LogP contribution in [-0.4, -0.2) is 36.1 Å². The molecule has 1 aromatic heterocycles. The summed E-state index contributed by atoms with van der Waals surface area (Å²) in [7, 11) is 2.18. The van der Waals surface area contributed by atoms with Crippen molar-refractivity contribution in [1.29, 1.82) is 0 Å². The van der Waals surface area contributed by atoms with Gasteiger partial charge in [0.1, 0.15) is 0 Å². The Balaban J connectivity index is 1.82. The van der Waals surface area contributed by atoms with Crippen LogP contribution in [0.2, 0.25) is 0 Å². The molecular weight excluding hydrogens is 198 g/mol. The van der Waals surface area contributed by atoms with Crippen molar-refractivity contribution in [3.05, 3.63) is 30.1 Å². The van der Waals surface area contributed by atoms with Gasteiger partial charge in [0, 0.05) is 25.3 Å². The summed E-state index contributed by atoms with van der Waals surface area (Å²) < 4.78 is 0. The minimum Gasteiger partial charge on any atom is -0.314 e. The highest BCUT2D eigenvalue weighted by atomic mass is 15.1. The Morgan fingerprint density at radius 1 is 1.50 bits per heavy atom. The molecule has 1 aromatic rings. The average molecular weight is 219 g/mol. The fourth-order valence-electron chi connectivity index (χ4n) is 2.40. The van der Waals surface area contributed by atoms with E-state index in [9.17, 15) is 0 Å². The van der Waals surface area contributed by atoms with E-state index in [1.807, 2.05) is 12.3 Å². The van der Waals surface area contributed by atoms with Crippen molar-refractivity contribution in [3.8, 4) is 0 Å². The molecule has 1 fully saturated rings. The number of hydrogen-bond donors (Lipinski definition) is 1. The van der Waals surface area contributed by atoms with E-state index in [0.29, 0.717) is 6.04 Å². The van der Waals surface area contributed by atoms with Crippen molar-refractivity contribution in [2.24, 2.45) is 5.92 Å². The first-order valence-electron chi connectivity index (χ1n) is 6.07. The van der Waals surface area contributed by atoms with Crippen LogP contribution in [0.1, 0.15) is 19.0 Å². The topological polar surface area (TPSA) is 28.2 Å². The Kier molecular flexibility index (Phi) is 3.91. The van der Waals surface area contributed by atoms with Gasteiger partial charge < -0.3 is 10.2 Å². The van der Waals surface area contributed by atoms with Crippen LogP contribution in [0, 0.1) is 5.92 Å². The number of nitrogens with zero attached hydrogens (tertiary/aromatic N) is 2. The number of aromatic nitrogens is 1. The van der Waals surface area contributed by atoms with E-state index in [1.54, 1.807) is 0 Å². The summed E-state index contributed by atoms with van der Waals surface area (Å²) >= 11 is 0. The molecule has 2 rings (SSSR count). The van der Waals surface area contributed by atoms with Crippen LogP contribution in [0.25, 0.3) is 0 Å². The highest BCUT2D eigenvalue weighted by Crippen LogP contribution is 2.16. The quantitative estimate of drug-likeness (QED) is 0.832. The summed E-state index contributed by atoms with van der Waals surface area (Å²) in [6, 6.07) is 6.76. The molecule has 3 nitrogen and oxygen atoms in total. The standard InChI is InChI=1S/C13H21N3/c1-11-12(6-8-14-11)9-16(2)10-13-5-3-4-7-15-13/h3-5,7,11-12,14H,6,8-10H2,1-2H3. The van der Waals surface area contributed by atoms with Crippen molar-refractivity contribution >= 4 is 0 Å². The lowest BCUT2D eigenvalue weighted by molar-refractivity contribution is 0.257. The van der Waals surface area contributed by atoms with E-state index < -0.39 is 0 Å². The third-order valence-electron chi connectivity index (χ3n) is 3.39. The van der Waals surface area contributed by atoms with E-state index >= 15 is 0 Å². The molecule has 2 unspecified atom stereocenters. The van der Waals surface area contributed by atoms with Crippen molar-refractivity contribution < 1.29 is 0 Å². The van der Waals surface area contributed by atoms with Crippen molar-refractivity contribution in [2.45, 2.75) is 25.9 Å². The third-order valence-corrected chi connectivity index (χ3v) is 3.39. The predicted molar refractivity (Wildman–Crippen MR) is 66.1 cm³/mol. The fourth-order valence-corrected chi connectivity index (χ4v) is 2.40. The Morgan fingerprint density at radius 2 is 2.38 bits per heavy atom. The zero-order chi connectivity index (χ0) is 11.4. The average Bonchev–Trinajstić information content (AvgIpc) is 2.66. The number of nitrogens with one attached hydrogen (secondary N) is 1. The van der Waals surface area contributed by atoms with Gasteiger partial charge in [0.15, 0.2) is 0 Å². The zero-order valence-corrected chi connectivity index (χ0v) is 10.2. The van der Waals surface area contributed by atoms with Crippen LogP contribution in [0.4, 0.5) is 0 Å². The maximum atomic E-state index is 4.36. The van der Waals surface area contributed by atoms with Gasteiger partial charge in [-0.3, -0.25) is 4.98 Å². The Labute approximate surface area is 97.9 Å². The molecule has 1 aliphatic rings. The van der Waals surface area contributed by atoms with E-state index in [4.69, 9.17) is 0 Å². The maximum absolute atomic E-state index is 4.36. The van der Waals surface area contributed by atoms with Gasteiger partial charge in [-0.15, -0.1) is 0 Å². The SMILES string of the molecule is CC1NCCC1CN(C)Cc1ccccn1. The monoisotopic (exact) mass is 219 g/mol. The molecular formula is C13H21N3.